The van der Waals surface area contributed by atoms with Crippen molar-refractivity contribution in [1.82, 2.24) is 9.78 Å². The molecule has 2 rings (SSSR count). The van der Waals surface area contributed by atoms with Crippen LogP contribution >= 0.6 is 0 Å². The van der Waals surface area contributed by atoms with E-state index in [-0.39, 0.29) is 0 Å². The molecule has 0 atom stereocenters. The highest BCUT2D eigenvalue weighted by atomic mass is 15.3. The van der Waals surface area contributed by atoms with Crippen molar-refractivity contribution in [2.45, 2.75) is 39.5 Å². The molecular formula is C16H22N2. The Bertz CT molecular complexity index is 519. The lowest BCUT2D eigenvalue weighted by atomic mass is 10.0. The van der Waals surface area contributed by atoms with E-state index in [1.807, 2.05) is 11.7 Å². The monoisotopic (exact) mass is 242 g/mol. The topological polar surface area (TPSA) is 17.8 Å². The summed E-state index contributed by atoms with van der Waals surface area (Å²) < 4.78 is 1.98. The van der Waals surface area contributed by atoms with Gasteiger partial charge in [-0.25, -0.2) is 0 Å². The number of aromatic nitrogens is 2. The SMILES string of the molecule is CC(C)c1ccc(-c2cc(C(C)C)n(C)n2)cc1. The van der Waals surface area contributed by atoms with Gasteiger partial charge in [0.05, 0.1) is 5.69 Å². The summed E-state index contributed by atoms with van der Waals surface area (Å²) in [5, 5.41) is 4.59. The van der Waals surface area contributed by atoms with Crippen LogP contribution < -0.4 is 0 Å². The molecule has 96 valence electrons. The molecule has 0 spiro atoms. The van der Waals surface area contributed by atoms with E-state index in [1.165, 1.54) is 16.8 Å². The molecule has 0 unspecified atom stereocenters. The minimum absolute atomic E-state index is 0.506. The van der Waals surface area contributed by atoms with Gasteiger partial charge in [0.15, 0.2) is 0 Å². The van der Waals surface area contributed by atoms with Crippen LogP contribution in [0.25, 0.3) is 11.3 Å². The van der Waals surface area contributed by atoms with Crippen LogP contribution in [0.15, 0.2) is 30.3 Å². The number of hydrogen-bond acceptors (Lipinski definition) is 1. The molecule has 0 saturated carbocycles. The lowest BCUT2D eigenvalue weighted by Gasteiger charge is -2.05. The Morgan fingerprint density at radius 3 is 2.00 bits per heavy atom. The molecule has 0 N–H and O–H groups in total. The first-order chi connectivity index (χ1) is 8.49. The van der Waals surface area contributed by atoms with Crippen LogP contribution in [0.3, 0.4) is 0 Å². The summed E-state index contributed by atoms with van der Waals surface area (Å²) in [6.45, 7) is 8.82. The van der Waals surface area contributed by atoms with Crippen molar-refractivity contribution in [3.63, 3.8) is 0 Å². The van der Waals surface area contributed by atoms with Crippen molar-refractivity contribution in [3.05, 3.63) is 41.6 Å². The Kier molecular flexibility index (Phi) is 3.55. The minimum atomic E-state index is 0.506. The Balaban J connectivity index is 2.34. The van der Waals surface area contributed by atoms with E-state index < -0.39 is 0 Å². The number of hydrogen-bond donors (Lipinski definition) is 0. The number of rotatable bonds is 3. The number of nitrogens with zero attached hydrogens (tertiary/aromatic N) is 2. The summed E-state index contributed by atoms with van der Waals surface area (Å²) in [5.74, 6) is 1.08. The summed E-state index contributed by atoms with van der Waals surface area (Å²) in [5.41, 5.74) is 4.91. The molecule has 2 aromatic rings. The first-order valence-corrected chi connectivity index (χ1v) is 6.63. The smallest absolute Gasteiger partial charge is 0.0926 e. The fourth-order valence-corrected chi connectivity index (χ4v) is 2.20. The van der Waals surface area contributed by atoms with Gasteiger partial charge >= 0.3 is 0 Å². The fraction of sp³-hybridized carbons (Fsp3) is 0.438. The van der Waals surface area contributed by atoms with Crippen LogP contribution in [0.2, 0.25) is 0 Å². The second-order valence-corrected chi connectivity index (χ2v) is 5.51. The highest BCUT2D eigenvalue weighted by molar-refractivity contribution is 5.60. The molecule has 0 radical (unpaired) electrons. The van der Waals surface area contributed by atoms with Crippen LogP contribution in [-0.4, -0.2) is 9.78 Å². The van der Waals surface area contributed by atoms with E-state index in [0.717, 1.165) is 5.69 Å². The zero-order valence-electron chi connectivity index (χ0n) is 11.9. The molecule has 0 aliphatic carbocycles. The molecule has 0 aliphatic rings. The van der Waals surface area contributed by atoms with Gasteiger partial charge in [0.1, 0.15) is 0 Å². The largest absolute Gasteiger partial charge is 0.272 e. The maximum atomic E-state index is 4.59. The summed E-state index contributed by atoms with van der Waals surface area (Å²) in [6, 6.07) is 10.9. The fourth-order valence-electron chi connectivity index (χ4n) is 2.20. The van der Waals surface area contributed by atoms with Gasteiger partial charge in [0, 0.05) is 18.3 Å². The van der Waals surface area contributed by atoms with Crippen LogP contribution in [0.1, 0.15) is 50.8 Å². The Morgan fingerprint density at radius 2 is 1.56 bits per heavy atom. The lowest BCUT2D eigenvalue weighted by molar-refractivity contribution is 0.670. The number of benzene rings is 1. The third-order valence-electron chi connectivity index (χ3n) is 3.38. The van der Waals surface area contributed by atoms with Gasteiger partial charge in [-0.15, -0.1) is 0 Å². The molecule has 1 aromatic carbocycles. The lowest BCUT2D eigenvalue weighted by Crippen LogP contribution is -1.99. The highest BCUT2D eigenvalue weighted by Crippen LogP contribution is 2.24. The molecule has 2 nitrogen and oxygen atoms in total. The standard InChI is InChI=1S/C16H22N2/c1-11(2)13-6-8-14(9-7-13)15-10-16(12(3)4)18(5)17-15/h6-12H,1-5H3. The zero-order chi connectivity index (χ0) is 13.3. The minimum Gasteiger partial charge on any atom is -0.272 e. The molecular weight excluding hydrogens is 220 g/mol. The van der Waals surface area contributed by atoms with Crippen LogP contribution in [-0.2, 0) is 7.05 Å². The summed E-state index contributed by atoms with van der Waals surface area (Å²) in [6.07, 6.45) is 0. The average molecular weight is 242 g/mol. The maximum Gasteiger partial charge on any atom is 0.0926 e. The quantitative estimate of drug-likeness (QED) is 0.783. The molecule has 0 amide bonds. The molecule has 0 saturated heterocycles. The molecule has 18 heavy (non-hydrogen) atoms. The van der Waals surface area contributed by atoms with Crippen molar-refractivity contribution in [3.8, 4) is 11.3 Å². The van der Waals surface area contributed by atoms with Gasteiger partial charge in [-0.05, 0) is 23.5 Å². The predicted molar refractivity (Wildman–Crippen MR) is 76.8 cm³/mol. The van der Waals surface area contributed by atoms with Gasteiger partial charge in [-0.1, -0.05) is 52.0 Å². The van der Waals surface area contributed by atoms with Crippen molar-refractivity contribution in [1.29, 1.82) is 0 Å². The van der Waals surface area contributed by atoms with Crippen LogP contribution in [0, 0.1) is 0 Å². The molecule has 0 aliphatic heterocycles. The molecule has 1 heterocycles. The van der Waals surface area contributed by atoms with E-state index in [1.54, 1.807) is 0 Å². The zero-order valence-corrected chi connectivity index (χ0v) is 11.9. The third kappa shape index (κ3) is 2.47. The van der Waals surface area contributed by atoms with Gasteiger partial charge in [0.25, 0.3) is 0 Å². The first kappa shape index (κ1) is 12.9. The van der Waals surface area contributed by atoms with Crippen LogP contribution in [0.4, 0.5) is 0 Å². The van der Waals surface area contributed by atoms with Gasteiger partial charge in [-0.2, -0.15) is 5.10 Å². The van der Waals surface area contributed by atoms with Crippen LogP contribution in [0.5, 0.6) is 0 Å². The first-order valence-electron chi connectivity index (χ1n) is 6.63. The van der Waals surface area contributed by atoms with Crippen molar-refractivity contribution >= 4 is 0 Å². The van der Waals surface area contributed by atoms with E-state index in [0.29, 0.717) is 11.8 Å². The van der Waals surface area contributed by atoms with E-state index >= 15 is 0 Å². The van der Waals surface area contributed by atoms with E-state index in [2.05, 4.69) is 63.1 Å². The molecule has 2 heteroatoms. The van der Waals surface area contributed by atoms with E-state index in [9.17, 15) is 0 Å². The second-order valence-electron chi connectivity index (χ2n) is 5.51. The summed E-state index contributed by atoms with van der Waals surface area (Å²) in [7, 11) is 2.02. The average Bonchev–Trinajstić information content (AvgIpc) is 2.71. The van der Waals surface area contributed by atoms with Gasteiger partial charge in [-0.3, -0.25) is 4.68 Å². The Labute approximate surface area is 110 Å². The maximum absolute atomic E-state index is 4.59. The predicted octanol–water partition coefficient (Wildman–Crippen LogP) is 4.33. The summed E-state index contributed by atoms with van der Waals surface area (Å²) in [4.78, 5) is 0. The van der Waals surface area contributed by atoms with Crippen molar-refractivity contribution in [2.24, 2.45) is 7.05 Å². The highest BCUT2D eigenvalue weighted by Gasteiger charge is 2.10. The molecule has 0 bridgehead atoms. The number of aryl methyl sites for hydroxylation is 1. The second kappa shape index (κ2) is 4.97. The van der Waals surface area contributed by atoms with Crippen molar-refractivity contribution < 1.29 is 0 Å². The van der Waals surface area contributed by atoms with Crippen molar-refractivity contribution in [2.75, 3.05) is 0 Å². The summed E-state index contributed by atoms with van der Waals surface area (Å²) >= 11 is 0. The molecule has 1 aromatic heterocycles. The normalized spacial score (nSPS) is 11.5. The molecule has 0 fully saturated rings. The van der Waals surface area contributed by atoms with Gasteiger partial charge < -0.3 is 0 Å². The Morgan fingerprint density at radius 1 is 0.944 bits per heavy atom. The van der Waals surface area contributed by atoms with E-state index in [4.69, 9.17) is 0 Å². The Hall–Kier alpha value is -1.57. The third-order valence-corrected chi connectivity index (χ3v) is 3.38. The van der Waals surface area contributed by atoms with Gasteiger partial charge in [0.2, 0.25) is 0 Å².